The Kier molecular flexibility index (Phi) is 6.70. The Morgan fingerprint density at radius 3 is 2.52 bits per heavy atom. The lowest BCUT2D eigenvalue weighted by Crippen LogP contribution is -2.31. The van der Waals surface area contributed by atoms with Gasteiger partial charge in [-0.15, -0.1) is 0 Å². The summed E-state index contributed by atoms with van der Waals surface area (Å²) in [5, 5.41) is 2.92. The number of ether oxygens (including phenoxy) is 2. The molecule has 3 aromatic carbocycles. The van der Waals surface area contributed by atoms with E-state index in [1.165, 1.54) is 11.8 Å². The van der Waals surface area contributed by atoms with E-state index in [1.807, 2.05) is 60.7 Å². The van der Waals surface area contributed by atoms with Gasteiger partial charge in [0, 0.05) is 29.6 Å². The summed E-state index contributed by atoms with van der Waals surface area (Å²) in [6.45, 7) is 0.398. The molecule has 0 fully saturated rings. The maximum absolute atomic E-state index is 13.0. The van der Waals surface area contributed by atoms with Crippen LogP contribution in [0, 0.1) is 0 Å². The van der Waals surface area contributed by atoms with E-state index in [9.17, 15) is 9.59 Å². The Morgan fingerprint density at radius 2 is 1.79 bits per heavy atom. The second-order valence-corrected chi connectivity index (χ2v) is 8.51. The number of amides is 2. The predicted molar refractivity (Wildman–Crippen MR) is 131 cm³/mol. The SMILES string of the molecule is COc1ccc(CNC(=O)c2ccc3c(c2)N(C)C(=O)C(=Cc2ccccc2OC)S3)cc1. The van der Waals surface area contributed by atoms with Crippen molar-refractivity contribution in [3.05, 3.63) is 88.3 Å². The molecular formula is C26H24N2O4S. The third-order valence-corrected chi connectivity index (χ3v) is 6.43. The highest BCUT2D eigenvalue weighted by atomic mass is 32.2. The number of carbonyl (C=O) groups excluding carboxylic acids is 2. The number of nitrogens with one attached hydrogen (secondary N) is 1. The highest BCUT2D eigenvalue weighted by Crippen LogP contribution is 2.42. The molecule has 1 aliphatic rings. The Morgan fingerprint density at radius 1 is 1.03 bits per heavy atom. The zero-order valence-electron chi connectivity index (χ0n) is 18.6. The molecule has 3 aromatic rings. The van der Waals surface area contributed by atoms with Gasteiger partial charge in [-0.1, -0.05) is 42.1 Å². The molecule has 168 valence electrons. The molecule has 0 saturated heterocycles. The average Bonchev–Trinajstić information content (AvgIpc) is 2.86. The van der Waals surface area contributed by atoms with Crippen LogP contribution in [-0.4, -0.2) is 33.1 Å². The van der Waals surface area contributed by atoms with Gasteiger partial charge in [0.25, 0.3) is 11.8 Å². The van der Waals surface area contributed by atoms with E-state index in [0.29, 0.717) is 28.5 Å². The second-order valence-electron chi connectivity index (χ2n) is 7.43. The van der Waals surface area contributed by atoms with Crippen LogP contribution in [0.15, 0.2) is 76.5 Å². The maximum atomic E-state index is 13.0. The smallest absolute Gasteiger partial charge is 0.264 e. The molecule has 0 radical (unpaired) electrons. The van der Waals surface area contributed by atoms with Gasteiger partial charge in [-0.05, 0) is 48.0 Å². The average molecular weight is 461 g/mol. The van der Waals surface area contributed by atoms with Gasteiger partial charge in [0.15, 0.2) is 0 Å². The number of fused-ring (bicyclic) bond motifs is 1. The number of nitrogens with zero attached hydrogens (tertiary/aromatic N) is 1. The van der Waals surface area contributed by atoms with E-state index in [2.05, 4.69) is 5.32 Å². The van der Waals surface area contributed by atoms with E-state index in [0.717, 1.165) is 21.8 Å². The van der Waals surface area contributed by atoms with Crippen LogP contribution in [0.3, 0.4) is 0 Å². The summed E-state index contributed by atoms with van der Waals surface area (Å²) in [4.78, 5) is 28.8. The number of para-hydroxylation sites is 1. The molecule has 0 aromatic heterocycles. The van der Waals surface area contributed by atoms with E-state index in [4.69, 9.17) is 9.47 Å². The minimum atomic E-state index is -0.199. The summed E-state index contributed by atoms with van der Waals surface area (Å²) in [7, 11) is 4.94. The molecule has 6 nitrogen and oxygen atoms in total. The normalized spacial score (nSPS) is 14.1. The first-order valence-electron chi connectivity index (χ1n) is 10.4. The van der Waals surface area contributed by atoms with Crippen LogP contribution < -0.4 is 19.7 Å². The number of hydrogen-bond acceptors (Lipinski definition) is 5. The molecule has 0 bridgehead atoms. The quantitative estimate of drug-likeness (QED) is 0.538. The molecule has 0 saturated carbocycles. The van der Waals surface area contributed by atoms with Crippen molar-refractivity contribution >= 4 is 35.3 Å². The van der Waals surface area contributed by atoms with Crippen LogP contribution in [0.25, 0.3) is 6.08 Å². The van der Waals surface area contributed by atoms with Crippen LogP contribution in [-0.2, 0) is 11.3 Å². The molecule has 1 heterocycles. The van der Waals surface area contributed by atoms with Gasteiger partial charge >= 0.3 is 0 Å². The molecule has 0 unspecified atom stereocenters. The van der Waals surface area contributed by atoms with Crippen molar-refractivity contribution in [2.24, 2.45) is 0 Å². The Hall–Kier alpha value is -3.71. The third kappa shape index (κ3) is 4.88. The number of rotatable bonds is 6. The largest absolute Gasteiger partial charge is 0.497 e. The summed E-state index contributed by atoms with van der Waals surface area (Å²) in [5.41, 5.74) is 3.01. The number of thioether (sulfide) groups is 1. The van der Waals surface area contributed by atoms with Crippen LogP contribution in [0.2, 0.25) is 0 Å². The molecule has 33 heavy (non-hydrogen) atoms. The predicted octanol–water partition coefficient (Wildman–Crippen LogP) is 4.74. The molecule has 7 heteroatoms. The van der Waals surface area contributed by atoms with Gasteiger partial charge < -0.3 is 19.7 Å². The molecule has 1 aliphatic heterocycles. The highest BCUT2D eigenvalue weighted by molar-refractivity contribution is 8.04. The summed E-state index contributed by atoms with van der Waals surface area (Å²) in [6.07, 6.45) is 1.83. The molecule has 0 atom stereocenters. The fourth-order valence-electron chi connectivity index (χ4n) is 3.49. The minimum Gasteiger partial charge on any atom is -0.497 e. The maximum Gasteiger partial charge on any atom is 0.264 e. The number of benzene rings is 3. The van der Waals surface area contributed by atoms with E-state index in [-0.39, 0.29) is 11.8 Å². The molecule has 2 amide bonds. The second kappa shape index (κ2) is 9.83. The summed E-state index contributed by atoms with van der Waals surface area (Å²) < 4.78 is 10.6. The highest BCUT2D eigenvalue weighted by Gasteiger charge is 2.27. The van der Waals surface area contributed by atoms with Gasteiger partial charge in [-0.3, -0.25) is 9.59 Å². The van der Waals surface area contributed by atoms with Crippen molar-refractivity contribution < 1.29 is 19.1 Å². The lowest BCUT2D eigenvalue weighted by atomic mass is 10.1. The number of anilines is 1. The number of hydrogen-bond donors (Lipinski definition) is 1. The van der Waals surface area contributed by atoms with Crippen LogP contribution in [0.5, 0.6) is 11.5 Å². The summed E-state index contributed by atoms with van der Waals surface area (Å²) >= 11 is 1.39. The molecular weight excluding hydrogens is 436 g/mol. The van der Waals surface area contributed by atoms with Gasteiger partial charge in [0.05, 0.1) is 24.8 Å². The van der Waals surface area contributed by atoms with Crippen LogP contribution >= 0.6 is 11.8 Å². The van der Waals surface area contributed by atoms with Crippen molar-refractivity contribution in [2.75, 3.05) is 26.2 Å². The minimum absolute atomic E-state index is 0.130. The van der Waals surface area contributed by atoms with Gasteiger partial charge in [0.2, 0.25) is 0 Å². The van der Waals surface area contributed by atoms with Gasteiger partial charge in [0.1, 0.15) is 11.5 Å². The fraction of sp³-hybridized carbons (Fsp3) is 0.154. The van der Waals surface area contributed by atoms with Crippen LogP contribution in [0.1, 0.15) is 21.5 Å². The molecule has 0 aliphatic carbocycles. The van der Waals surface area contributed by atoms with Gasteiger partial charge in [-0.25, -0.2) is 0 Å². The number of carbonyl (C=O) groups is 2. The zero-order valence-corrected chi connectivity index (χ0v) is 19.4. The van der Waals surface area contributed by atoms with Crippen molar-refractivity contribution in [1.82, 2.24) is 5.32 Å². The van der Waals surface area contributed by atoms with Crippen molar-refractivity contribution in [1.29, 1.82) is 0 Å². The Balaban J connectivity index is 1.52. The Labute approximate surface area is 197 Å². The fourth-order valence-corrected chi connectivity index (χ4v) is 4.57. The first kappa shape index (κ1) is 22.5. The third-order valence-electron chi connectivity index (χ3n) is 5.36. The number of likely N-dealkylation sites (N-methyl/N-ethyl adjacent to an activating group) is 1. The lowest BCUT2D eigenvalue weighted by molar-refractivity contribution is -0.114. The molecule has 1 N–H and O–H groups in total. The summed E-state index contributed by atoms with van der Waals surface area (Å²) in [5.74, 6) is 1.14. The van der Waals surface area contributed by atoms with E-state index >= 15 is 0 Å². The standard InChI is InChI=1S/C26H24N2O4S/c1-28-21-14-19(25(29)27-16-17-8-11-20(31-2)12-9-17)10-13-23(21)33-24(26(28)30)15-18-6-4-5-7-22(18)32-3/h4-15H,16H2,1-3H3,(H,27,29). The lowest BCUT2D eigenvalue weighted by Gasteiger charge is -2.27. The van der Waals surface area contributed by atoms with Gasteiger partial charge in [-0.2, -0.15) is 0 Å². The zero-order chi connectivity index (χ0) is 23.4. The Bertz CT molecular complexity index is 1220. The van der Waals surface area contributed by atoms with Crippen LogP contribution in [0.4, 0.5) is 5.69 Å². The summed E-state index contributed by atoms with van der Waals surface area (Å²) in [6, 6.07) is 20.5. The number of methoxy groups -OCH3 is 2. The topological polar surface area (TPSA) is 67.9 Å². The van der Waals surface area contributed by atoms with Crippen molar-refractivity contribution in [3.63, 3.8) is 0 Å². The first-order chi connectivity index (χ1) is 16.0. The van der Waals surface area contributed by atoms with Crippen molar-refractivity contribution in [3.8, 4) is 11.5 Å². The molecule has 4 rings (SSSR count). The van der Waals surface area contributed by atoms with Crippen molar-refractivity contribution in [2.45, 2.75) is 11.4 Å². The monoisotopic (exact) mass is 460 g/mol. The molecule has 0 spiro atoms. The first-order valence-corrected chi connectivity index (χ1v) is 11.2. The van der Waals surface area contributed by atoms with E-state index < -0.39 is 0 Å². The van der Waals surface area contributed by atoms with E-state index in [1.54, 1.807) is 38.3 Å².